The van der Waals surface area contributed by atoms with E-state index >= 15 is 0 Å². The fraction of sp³-hybridized carbons (Fsp3) is 0.625. The Morgan fingerprint density at radius 2 is 1.77 bits per heavy atom. The van der Waals surface area contributed by atoms with E-state index in [0.29, 0.717) is 0 Å². The van der Waals surface area contributed by atoms with Crippen LogP contribution in [0.5, 0.6) is 0 Å². The van der Waals surface area contributed by atoms with Crippen LogP contribution in [0.3, 0.4) is 0 Å². The van der Waals surface area contributed by atoms with Gasteiger partial charge in [-0.25, -0.2) is 4.79 Å². The number of nitrogens with one attached hydrogen (secondary N) is 4. The standard InChI is InChI=1S/C16H28N6O4/c1-8(2)10(19-15(25)13(9(3)4)20-16(17)26)7-18-14(24)11-6-12(23)21-22(11)5/h6,8-10,13H,7H2,1-5H3,(H,18,24)(H,19,25)(H,21,23)(H3,17,20,26)/t10?,13-/m0/s1. The highest BCUT2D eigenvalue weighted by molar-refractivity contribution is 5.92. The van der Waals surface area contributed by atoms with Crippen molar-refractivity contribution in [2.75, 3.05) is 6.54 Å². The monoisotopic (exact) mass is 368 g/mol. The van der Waals surface area contributed by atoms with E-state index in [1.165, 1.54) is 10.7 Å². The lowest BCUT2D eigenvalue weighted by Gasteiger charge is -2.27. The maximum absolute atomic E-state index is 12.5. The molecule has 0 bridgehead atoms. The second-order valence-corrected chi connectivity index (χ2v) is 6.86. The smallest absolute Gasteiger partial charge is 0.312 e. The van der Waals surface area contributed by atoms with Gasteiger partial charge in [-0.3, -0.25) is 24.2 Å². The number of primary amides is 1. The summed E-state index contributed by atoms with van der Waals surface area (Å²) in [7, 11) is 1.56. The minimum absolute atomic E-state index is 0.0238. The summed E-state index contributed by atoms with van der Waals surface area (Å²) in [6.07, 6.45) is 0. The molecule has 1 aromatic heterocycles. The molecule has 0 aliphatic carbocycles. The second-order valence-electron chi connectivity index (χ2n) is 6.86. The minimum Gasteiger partial charge on any atom is -0.352 e. The summed E-state index contributed by atoms with van der Waals surface area (Å²) in [6, 6.07) is -0.709. The molecule has 0 radical (unpaired) electrons. The predicted molar refractivity (Wildman–Crippen MR) is 96.5 cm³/mol. The molecule has 0 aromatic carbocycles. The number of rotatable bonds is 8. The van der Waals surface area contributed by atoms with Gasteiger partial charge in [-0.1, -0.05) is 27.7 Å². The van der Waals surface area contributed by atoms with Crippen LogP contribution < -0.4 is 27.2 Å². The van der Waals surface area contributed by atoms with E-state index in [1.807, 2.05) is 13.8 Å². The normalized spacial score (nSPS) is 13.3. The fourth-order valence-corrected chi connectivity index (χ4v) is 2.40. The highest BCUT2D eigenvalue weighted by atomic mass is 16.2. The first kappa shape index (κ1) is 21.3. The van der Waals surface area contributed by atoms with Crippen LogP contribution in [0.2, 0.25) is 0 Å². The van der Waals surface area contributed by atoms with Crippen molar-refractivity contribution in [3.8, 4) is 0 Å². The minimum atomic E-state index is -0.776. The van der Waals surface area contributed by atoms with Crippen LogP contribution in [0.15, 0.2) is 10.9 Å². The summed E-state index contributed by atoms with van der Waals surface area (Å²) in [6.45, 7) is 7.55. The Morgan fingerprint density at radius 1 is 1.15 bits per heavy atom. The molecule has 6 N–H and O–H groups in total. The van der Waals surface area contributed by atoms with E-state index in [2.05, 4.69) is 21.0 Å². The summed E-state index contributed by atoms with van der Waals surface area (Å²) < 4.78 is 1.33. The van der Waals surface area contributed by atoms with Crippen LogP contribution in [0.1, 0.15) is 38.2 Å². The van der Waals surface area contributed by atoms with Gasteiger partial charge >= 0.3 is 6.03 Å². The van der Waals surface area contributed by atoms with Gasteiger partial charge in [-0.05, 0) is 11.8 Å². The highest BCUT2D eigenvalue weighted by Crippen LogP contribution is 2.06. The average Bonchev–Trinajstić information content (AvgIpc) is 2.86. The Bertz CT molecular complexity index is 706. The van der Waals surface area contributed by atoms with Crippen LogP contribution in [0.25, 0.3) is 0 Å². The molecule has 10 nitrogen and oxygen atoms in total. The first-order valence-electron chi connectivity index (χ1n) is 8.43. The van der Waals surface area contributed by atoms with Gasteiger partial charge in [0.15, 0.2) is 0 Å². The third-order valence-electron chi connectivity index (χ3n) is 4.00. The summed E-state index contributed by atoms with van der Waals surface area (Å²) in [5, 5.41) is 10.4. The van der Waals surface area contributed by atoms with Crippen LogP contribution in [0.4, 0.5) is 4.79 Å². The molecule has 0 fully saturated rings. The van der Waals surface area contributed by atoms with Gasteiger partial charge in [0.2, 0.25) is 5.91 Å². The fourth-order valence-electron chi connectivity index (χ4n) is 2.40. The number of hydrogen-bond donors (Lipinski definition) is 5. The molecular weight excluding hydrogens is 340 g/mol. The van der Waals surface area contributed by atoms with Gasteiger partial charge in [0.25, 0.3) is 11.5 Å². The largest absolute Gasteiger partial charge is 0.352 e. The number of aromatic nitrogens is 2. The van der Waals surface area contributed by atoms with Crippen molar-refractivity contribution in [2.24, 2.45) is 24.6 Å². The van der Waals surface area contributed by atoms with Gasteiger partial charge in [-0.2, -0.15) is 0 Å². The van der Waals surface area contributed by atoms with Crippen molar-refractivity contribution in [1.82, 2.24) is 25.7 Å². The number of nitrogens with two attached hydrogens (primary N) is 1. The van der Waals surface area contributed by atoms with E-state index < -0.39 is 18.0 Å². The third kappa shape index (κ3) is 5.94. The molecule has 10 heteroatoms. The Labute approximate surface area is 151 Å². The zero-order valence-corrected chi connectivity index (χ0v) is 15.8. The number of aryl methyl sites for hydroxylation is 1. The van der Waals surface area contributed by atoms with E-state index in [4.69, 9.17) is 5.73 Å². The zero-order valence-electron chi connectivity index (χ0n) is 15.8. The molecule has 26 heavy (non-hydrogen) atoms. The molecule has 4 amide bonds. The molecule has 0 saturated heterocycles. The van der Waals surface area contributed by atoms with E-state index in [9.17, 15) is 19.2 Å². The number of amides is 4. The quantitative estimate of drug-likeness (QED) is 0.411. The molecule has 146 valence electrons. The first-order valence-corrected chi connectivity index (χ1v) is 8.43. The second kappa shape index (κ2) is 9.07. The number of H-pyrrole nitrogens is 1. The Morgan fingerprint density at radius 3 is 2.19 bits per heavy atom. The third-order valence-corrected chi connectivity index (χ3v) is 4.00. The molecule has 1 rings (SSSR count). The van der Waals surface area contributed by atoms with Gasteiger partial charge in [0.1, 0.15) is 11.7 Å². The summed E-state index contributed by atoms with van der Waals surface area (Å²) >= 11 is 0. The summed E-state index contributed by atoms with van der Waals surface area (Å²) in [4.78, 5) is 47.0. The van der Waals surface area contributed by atoms with E-state index in [0.717, 1.165) is 0 Å². The molecule has 0 aliphatic heterocycles. The molecule has 1 aromatic rings. The van der Waals surface area contributed by atoms with Crippen molar-refractivity contribution in [3.63, 3.8) is 0 Å². The van der Waals surface area contributed by atoms with Crippen LogP contribution in [-0.4, -0.2) is 46.3 Å². The van der Waals surface area contributed by atoms with Crippen molar-refractivity contribution in [2.45, 2.75) is 39.8 Å². The molecule has 1 heterocycles. The van der Waals surface area contributed by atoms with Gasteiger partial charge < -0.3 is 21.7 Å². The van der Waals surface area contributed by atoms with E-state index in [-0.39, 0.29) is 41.6 Å². The Balaban J connectivity index is 2.75. The van der Waals surface area contributed by atoms with Gasteiger partial charge in [-0.15, -0.1) is 0 Å². The molecular formula is C16H28N6O4. The maximum atomic E-state index is 12.5. The van der Waals surface area contributed by atoms with E-state index in [1.54, 1.807) is 20.9 Å². The first-order chi connectivity index (χ1) is 12.0. The topological polar surface area (TPSA) is 151 Å². The number of hydrogen-bond acceptors (Lipinski definition) is 4. The molecule has 1 unspecified atom stereocenters. The van der Waals surface area contributed by atoms with Gasteiger partial charge in [0.05, 0.1) is 0 Å². The average molecular weight is 368 g/mol. The lowest BCUT2D eigenvalue weighted by molar-refractivity contribution is -0.124. The zero-order chi connectivity index (χ0) is 20.0. The number of carbonyl (C=O) groups excluding carboxylic acids is 3. The molecule has 0 saturated carbocycles. The van der Waals surface area contributed by atoms with Crippen molar-refractivity contribution < 1.29 is 14.4 Å². The predicted octanol–water partition coefficient (Wildman–Crippen LogP) is -0.723. The van der Waals surface area contributed by atoms with Crippen LogP contribution in [0, 0.1) is 11.8 Å². The summed E-state index contributed by atoms with van der Waals surface area (Å²) in [5.41, 5.74) is 4.94. The number of carbonyl (C=O) groups is 3. The van der Waals surface area contributed by atoms with Crippen LogP contribution in [-0.2, 0) is 11.8 Å². The Hall–Kier alpha value is -2.78. The highest BCUT2D eigenvalue weighted by Gasteiger charge is 2.27. The van der Waals surface area contributed by atoms with Crippen molar-refractivity contribution in [3.05, 3.63) is 22.1 Å². The van der Waals surface area contributed by atoms with Crippen molar-refractivity contribution in [1.29, 1.82) is 0 Å². The molecule has 0 spiro atoms. The maximum Gasteiger partial charge on any atom is 0.312 e. The van der Waals surface area contributed by atoms with Crippen molar-refractivity contribution >= 4 is 17.8 Å². The molecule has 2 atom stereocenters. The number of aromatic amines is 1. The lowest BCUT2D eigenvalue weighted by atomic mass is 10.00. The lowest BCUT2D eigenvalue weighted by Crippen LogP contribution is -2.56. The molecule has 0 aliphatic rings. The number of urea groups is 1. The van der Waals surface area contributed by atoms with Crippen LogP contribution >= 0.6 is 0 Å². The van der Waals surface area contributed by atoms with Gasteiger partial charge in [0, 0.05) is 25.7 Å². The SMILES string of the molecule is CC(C)C(CNC(=O)c1cc(=O)[nH]n1C)NC(=O)[C@@H](NC(N)=O)C(C)C. The summed E-state index contributed by atoms with van der Waals surface area (Å²) in [5.74, 6) is -0.933. The Kier molecular flexibility index (Phi) is 7.41. The number of nitrogens with zero attached hydrogens (tertiary/aromatic N) is 1.